The minimum Gasteiger partial charge on any atom is -0.373 e. The zero-order valence-electron chi connectivity index (χ0n) is 19.8. The van der Waals surface area contributed by atoms with Gasteiger partial charge in [0.2, 0.25) is 4.77 Å². The number of benzene rings is 2. The zero-order valence-corrected chi connectivity index (χ0v) is 20.6. The fraction of sp³-hybridized carbons (Fsp3) is 0.462. The van der Waals surface area contributed by atoms with Crippen LogP contribution in [0.3, 0.4) is 0 Å². The Morgan fingerprint density at radius 1 is 1.03 bits per heavy atom. The van der Waals surface area contributed by atoms with E-state index in [1.54, 1.807) is 12.1 Å². The molecule has 2 aromatic carbocycles. The normalized spacial score (nSPS) is 24.0. The summed E-state index contributed by atoms with van der Waals surface area (Å²) >= 11 is 5.91. The number of ether oxygens (including phenoxy) is 1. The molecule has 3 heterocycles. The van der Waals surface area contributed by atoms with Gasteiger partial charge in [-0.1, -0.05) is 30.3 Å². The monoisotopic (exact) mass is 481 g/mol. The quantitative estimate of drug-likeness (QED) is 0.476. The number of hydrogen-bond acceptors (Lipinski definition) is 5. The van der Waals surface area contributed by atoms with Crippen LogP contribution < -0.4 is 0 Å². The molecular formula is C26H32FN5OS. The molecule has 0 bridgehead atoms. The molecule has 0 spiro atoms. The van der Waals surface area contributed by atoms with Crippen molar-refractivity contribution in [1.82, 2.24) is 24.1 Å². The summed E-state index contributed by atoms with van der Waals surface area (Å²) in [5.74, 6) is 0.499. The molecule has 0 unspecified atom stereocenters. The third-order valence-corrected chi connectivity index (χ3v) is 7.13. The van der Waals surface area contributed by atoms with Crippen LogP contribution in [0.25, 0.3) is 17.1 Å². The van der Waals surface area contributed by atoms with Crippen LogP contribution in [0.4, 0.5) is 4.39 Å². The van der Waals surface area contributed by atoms with Gasteiger partial charge in [0.1, 0.15) is 5.82 Å². The first-order chi connectivity index (χ1) is 16.5. The summed E-state index contributed by atoms with van der Waals surface area (Å²) < 4.78 is 24.0. The molecule has 0 aliphatic carbocycles. The van der Waals surface area contributed by atoms with E-state index in [1.807, 2.05) is 39.6 Å². The molecule has 0 saturated carbocycles. The SMILES string of the molecule is C[C@@H]1CN(C[C@@H]2CCCN2Cn2nc(-c3ccccc3)n(-c3ccc(F)cc3)c2=S)C[C@@H](C)O1. The van der Waals surface area contributed by atoms with Gasteiger partial charge in [0.25, 0.3) is 0 Å². The van der Waals surface area contributed by atoms with E-state index in [0.717, 1.165) is 43.3 Å². The summed E-state index contributed by atoms with van der Waals surface area (Å²) in [6, 6.07) is 16.9. The van der Waals surface area contributed by atoms with Gasteiger partial charge in [0, 0.05) is 37.8 Å². The lowest BCUT2D eigenvalue weighted by molar-refractivity contribution is -0.0730. The molecule has 0 N–H and O–H groups in total. The Balaban J connectivity index is 1.42. The number of likely N-dealkylation sites (tertiary alicyclic amines) is 1. The second-order valence-corrected chi connectivity index (χ2v) is 9.87. The van der Waals surface area contributed by atoms with Crippen molar-refractivity contribution in [1.29, 1.82) is 0 Å². The molecule has 0 radical (unpaired) electrons. The molecule has 180 valence electrons. The van der Waals surface area contributed by atoms with Crippen LogP contribution >= 0.6 is 12.2 Å². The molecule has 1 aromatic heterocycles. The second-order valence-electron chi connectivity index (χ2n) is 9.51. The van der Waals surface area contributed by atoms with Crippen LogP contribution in [0.1, 0.15) is 26.7 Å². The minimum atomic E-state index is -0.268. The smallest absolute Gasteiger partial charge is 0.204 e. The van der Waals surface area contributed by atoms with Crippen LogP contribution in [-0.4, -0.2) is 68.6 Å². The minimum absolute atomic E-state index is 0.268. The summed E-state index contributed by atoms with van der Waals surface area (Å²) in [7, 11) is 0. The third-order valence-electron chi connectivity index (χ3n) is 6.74. The van der Waals surface area contributed by atoms with Crippen molar-refractivity contribution in [2.45, 2.75) is 51.6 Å². The van der Waals surface area contributed by atoms with E-state index in [-0.39, 0.29) is 18.0 Å². The first-order valence-corrected chi connectivity index (χ1v) is 12.5. The van der Waals surface area contributed by atoms with Gasteiger partial charge in [-0.3, -0.25) is 14.4 Å². The number of hydrogen-bond donors (Lipinski definition) is 0. The van der Waals surface area contributed by atoms with Crippen LogP contribution in [0.15, 0.2) is 54.6 Å². The Kier molecular flexibility index (Phi) is 6.92. The third kappa shape index (κ3) is 5.00. The number of aromatic nitrogens is 3. The predicted octanol–water partition coefficient (Wildman–Crippen LogP) is 4.74. The van der Waals surface area contributed by atoms with Crippen molar-refractivity contribution in [2.75, 3.05) is 26.2 Å². The van der Waals surface area contributed by atoms with E-state index < -0.39 is 0 Å². The van der Waals surface area contributed by atoms with Gasteiger partial charge in [-0.25, -0.2) is 9.07 Å². The van der Waals surface area contributed by atoms with Gasteiger partial charge in [0.15, 0.2) is 5.82 Å². The van der Waals surface area contributed by atoms with Gasteiger partial charge in [-0.05, 0) is 63.2 Å². The van der Waals surface area contributed by atoms with Crippen LogP contribution in [0, 0.1) is 10.6 Å². The Hall–Kier alpha value is -2.39. The average molecular weight is 482 g/mol. The average Bonchev–Trinajstić information content (AvgIpc) is 3.38. The van der Waals surface area contributed by atoms with E-state index in [4.69, 9.17) is 22.1 Å². The lowest BCUT2D eigenvalue weighted by Gasteiger charge is -2.38. The Morgan fingerprint density at radius 3 is 2.44 bits per heavy atom. The van der Waals surface area contributed by atoms with E-state index >= 15 is 0 Å². The zero-order chi connectivity index (χ0) is 23.7. The van der Waals surface area contributed by atoms with Gasteiger partial charge in [-0.15, -0.1) is 5.10 Å². The van der Waals surface area contributed by atoms with E-state index in [9.17, 15) is 4.39 Å². The topological polar surface area (TPSA) is 38.5 Å². The fourth-order valence-corrected chi connectivity index (χ4v) is 5.58. The van der Waals surface area contributed by atoms with Gasteiger partial charge in [0.05, 0.1) is 24.6 Å². The maximum Gasteiger partial charge on any atom is 0.204 e. The maximum atomic E-state index is 13.6. The van der Waals surface area contributed by atoms with Crippen molar-refractivity contribution in [3.05, 3.63) is 65.2 Å². The molecule has 2 fully saturated rings. The first-order valence-electron chi connectivity index (χ1n) is 12.1. The number of morpholine rings is 1. The highest BCUT2D eigenvalue weighted by atomic mass is 32.1. The molecule has 2 saturated heterocycles. The lowest BCUT2D eigenvalue weighted by atomic mass is 10.1. The molecule has 3 atom stereocenters. The van der Waals surface area contributed by atoms with Gasteiger partial charge < -0.3 is 4.74 Å². The molecule has 6 nitrogen and oxygen atoms in total. The van der Waals surface area contributed by atoms with Crippen molar-refractivity contribution >= 4 is 12.2 Å². The first kappa shape index (κ1) is 23.4. The molecule has 8 heteroatoms. The van der Waals surface area contributed by atoms with Crippen molar-refractivity contribution in [3.8, 4) is 17.1 Å². The Bertz CT molecular complexity index is 1150. The molecule has 34 heavy (non-hydrogen) atoms. The molecule has 3 aromatic rings. The van der Waals surface area contributed by atoms with Gasteiger partial charge in [-0.2, -0.15) is 0 Å². The highest BCUT2D eigenvalue weighted by Crippen LogP contribution is 2.25. The number of rotatable bonds is 6. The van der Waals surface area contributed by atoms with Crippen LogP contribution in [-0.2, 0) is 11.4 Å². The van der Waals surface area contributed by atoms with Crippen LogP contribution in [0.2, 0.25) is 0 Å². The summed E-state index contributed by atoms with van der Waals surface area (Å²) in [5.41, 5.74) is 1.79. The van der Waals surface area contributed by atoms with Crippen molar-refractivity contribution in [3.63, 3.8) is 0 Å². The number of nitrogens with zero attached hydrogens (tertiary/aromatic N) is 5. The molecular weight excluding hydrogens is 449 g/mol. The molecule has 0 amide bonds. The molecule has 2 aliphatic heterocycles. The van der Waals surface area contributed by atoms with E-state index in [1.165, 1.54) is 25.0 Å². The highest BCUT2D eigenvalue weighted by Gasteiger charge is 2.30. The van der Waals surface area contributed by atoms with Gasteiger partial charge >= 0.3 is 0 Å². The largest absolute Gasteiger partial charge is 0.373 e. The lowest BCUT2D eigenvalue weighted by Crippen LogP contribution is -2.50. The number of halogens is 1. The standard InChI is InChI=1S/C26H32FN5OS/c1-19-15-29(16-20(2)33-19)17-24-9-6-14-30(24)18-31-26(34)32(23-12-10-22(27)11-13-23)25(28-31)21-7-4-3-5-8-21/h3-5,7-8,10-13,19-20,24H,6,9,14-18H2,1-2H3/t19-,20-,24+/m1/s1. The van der Waals surface area contributed by atoms with Crippen molar-refractivity contribution < 1.29 is 9.13 Å². The fourth-order valence-electron chi connectivity index (χ4n) is 5.29. The Labute approximate surface area is 205 Å². The summed E-state index contributed by atoms with van der Waals surface area (Å²) in [5, 5.41) is 4.95. The summed E-state index contributed by atoms with van der Waals surface area (Å²) in [6.07, 6.45) is 2.90. The molecule has 5 rings (SSSR count). The summed E-state index contributed by atoms with van der Waals surface area (Å²) in [6.45, 7) is 8.98. The highest BCUT2D eigenvalue weighted by molar-refractivity contribution is 7.71. The van der Waals surface area contributed by atoms with E-state index in [2.05, 4.69) is 23.6 Å². The summed E-state index contributed by atoms with van der Waals surface area (Å²) in [4.78, 5) is 5.03. The maximum absolute atomic E-state index is 13.6. The second kappa shape index (κ2) is 10.1. The van der Waals surface area contributed by atoms with Crippen molar-refractivity contribution in [2.24, 2.45) is 0 Å². The predicted molar refractivity (Wildman–Crippen MR) is 134 cm³/mol. The van der Waals surface area contributed by atoms with E-state index in [0.29, 0.717) is 17.5 Å². The molecule has 2 aliphatic rings. The Morgan fingerprint density at radius 2 is 1.74 bits per heavy atom. The van der Waals surface area contributed by atoms with Crippen LogP contribution in [0.5, 0.6) is 0 Å².